The normalized spacial score (nSPS) is 14.5. The second kappa shape index (κ2) is 6.12. The van der Waals surface area contributed by atoms with Crippen LogP contribution in [-0.4, -0.2) is 20.1 Å². The van der Waals surface area contributed by atoms with E-state index in [0.29, 0.717) is 5.56 Å². The van der Waals surface area contributed by atoms with E-state index in [9.17, 15) is 22.3 Å². The molecule has 0 saturated carbocycles. The average Bonchev–Trinajstić information content (AvgIpc) is 2.46. The highest BCUT2D eigenvalue weighted by Crippen LogP contribution is 2.22. The third-order valence-electron chi connectivity index (χ3n) is 3.19. The molecule has 0 aromatic heterocycles. The zero-order chi connectivity index (χ0) is 16.4. The molecule has 0 saturated heterocycles. The van der Waals surface area contributed by atoms with Gasteiger partial charge in [-0.15, -0.1) is 0 Å². The predicted molar refractivity (Wildman–Crippen MR) is 77.6 cm³/mol. The van der Waals surface area contributed by atoms with Gasteiger partial charge in [-0.05, 0) is 24.6 Å². The zero-order valence-corrected chi connectivity index (χ0v) is 12.6. The summed E-state index contributed by atoms with van der Waals surface area (Å²) in [7, 11) is -4.42. The van der Waals surface area contributed by atoms with Crippen LogP contribution in [0.25, 0.3) is 0 Å². The lowest BCUT2D eigenvalue weighted by molar-refractivity contribution is 0.0627. The second-order valence-corrected chi connectivity index (χ2v) is 6.72. The van der Waals surface area contributed by atoms with Gasteiger partial charge in [0.2, 0.25) is 10.0 Å². The minimum Gasteiger partial charge on any atom is -0.384 e. The largest absolute Gasteiger partial charge is 0.384 e. The smallest absolute Gasteiger partial charge is 0.246 e. The van der Waals surface area contributed by atoms with E-state index in [2.05, 4.69) is 0 Å². The van der Waals surface area contributed by atoms with Crippen LogP contribution in [0.15, 0.2) is 53.4 Å². The van der Waals surface area contributed by atoms with Crippen molar-refractivity contribution in [3.63, 3.8) is 0 Å². The van der Waals surface area contributed by atoms with Crippen molar-refractivity contribution in [1.82, 2.24) is 4.72 Å². The Labute approximate surface area is 127 Å². The molecule has 2 aromatic rings. The van der Waals surface area contributed by atoms with E-state index in [-0.39, 0.29) is 0 Å². The molecule has 0 bridgehead atoms. The zero-order valence-electron chi connectivity index (χ0n) is 11.8. The Bertz CT molecular complexity index is 741. The molecule has 4 nitrogen and oxygen atoms in total. The Morgan fingerprint density at radius 3 is 2.14 bits per heavy atom. The standard InChI is InChI=1S/C15H15F2NO3S/c1-15(19,11-6-3-2-4-7-11)10-18-22(20,21)14-12(16)8-5-9-13(14)17/h2-9,18-19H,10H2,1H3/t15-/m1/s1. The van der Waals surface area contributed by atoms with Gasteiger partial charge in [0.1, 0.15) is 17.2 Å². The van der Waals surface area contributed by atoms with Gasteiger partial charge in [-0.3, -0.25) is 0 Å². The van der Waals surface area contributed by atoms with Gasteiger partial charge in [0.15, 0.2) is 4.90 Å². The molecule has 2 aromatic carbocycles. The molecule has 0 amide bonds. The molecule has 0 aliphatic heterocycles. The SMILES string of the molecule is C[C@@](O)(CNS(=O)(=O)c1c(F)cccc1F)c1ccccc1. The van der Waals surface area contributed by atoms with Gasteiger partial charge >= 0.3 is 0 Å². The summed E-state index contributed by atoms with van der Waals surface area (Å²) in [6, 6.07) is 11.2. The van der Waals surface area contributed by atoms with Gasteiger partial charge in [-0.25, -0.2) is 21.9 Å². The summed E-state index contributed by atoms with van der Waals surface area (Å²) in [6.45, 7) is 0.982. The summed E-state index contributed by atoms with van der Waals surface area (Å²) < 4.78 is 53.3. The molecule has 0 fully saturated rings. The number of aliphatic hydroxyl groups is 1. The van der Waals surface area contributed by atoms with Crippen LogP contribution in [0.2, 0.25) is 0 Å². The third-order valence-corrected chi connectivity index (χ3v) is 4.64. The number of halogens is 2. The fraction of sp³-hybridized carbons (Fsp3) is 0.200. The van der Waals surface area contributed by atoms with Crippen LogP contribution in [-0.2, 0) is 15.6 Å². The summed E-state index contributed by atoms with van der Waals surface area (Å²) >= 11 is 0. The monoisotopic (exact) mass is 327 g/mol. The van der Waals surface area contributed by atoms with Crippen molar-refractivity contribution >= 4 is 10.0 Å². The van der Waals surface area contributed by atoms with Crippen molar-refractivity contribution in [2.24, 2.45) is 0 Å². The molecule has 0 aliphatic carbocycles. The summed E-state index contributed by atoms with van der Waals surface area (Å²) in [5.74, 6) is -2.38. The first kappa shape index (κ1) is 16.5. The van der Waals surface area contributed by atoms with Gasteiger partial charge in [-0.1, -0.05) is 36.4 Å². The van der Waals surface area contributed by atoms with E-state index in [1.807, 2.05) is 4.72 Å². The molecule has 2 N–H and O–H groups in total. The second-order valence-electron chi connectivity index (χ2n) is 5.02. The maximum atomic E-state index is 13.6. The summed E-state index contributed by atoms with van der Waals surface area (Å²) in [5, 5.41) is 10.3. The number of hydrogen-bond acceptors (Lipinski definition) is 3. The number of nitrogens with one attached hydrogen (secondary N) is 1. The van der Waals surface area contributed by atoms with E-state index in [0.717, 1.165) is 18.2 Å². The van der Waals surface area contributed by atoms with E-state index in [1.165, 1.54) is 6.92 Å². The molecule has 118 valence electrons. The lowest BCUT2D eigenvalue weighted by Crippen LogP contribution is -2.39. The molecule has 1 atom stereocenters. The van der Waals surface area contributed by atoms with Crippen LogP contribution in [0.1, 0.15) is 12.5 Å². The van der Waals surface area contributed by atoms with E-state index in [1.54, 1.807) is 30.3 Å². The van der Waals surface area contributed by atoms with Gasteiger partial charge in [0, 0.05) is 6.54 Å². The Morgan fingerprint density at radius 2 is 1.59 bits per heavy atom. The topological polar surface area (TPSA) is 66.4 Å². The molecule has 0 radical (unpaired) electrons. The van der Waals surface area contributed by atoms with Crippen LogP contribution in [0.4, 0.5) is 8.78 Å². The van der Waals surface area contributed by atoms with Gasteiger partial charge < -0.3 is 5.11 Å². The first-order chi connectivity index (χ1) is 10.2. The van der Waals surface area contributed by atoms with Crippen LogP contribution in [0.3, 0.4) is 0 Å². The van der Waals surface area contributed by atoms with E-state index >= 15 is 0 Å². The molecule has 2 rings (SSSR count). The Hall–Kier alpha value is -1.83. The number of rotatable bonds is 5. The van der Waals surface area contributed by atoms with Gasteiger partial charge in [-0.2, -0.15) is 0 Å². The van der Waals surface area contributed by atoms with Gasteiger partial charge in [0.05, 0.1) is 0 Å². The third kappa shape index (κ3) is 3.49. The minimum atomic E-state index is -4.42. The Kier molecular flexibility index (Phi) is 4.60. The van der Waals surface area contributed by atoms with Gasteiger partial charge in [0.25, 0.3) is 0 Å². The van der Waals surface area contributed by atoms with Crippen LogP contribution >= 0.6 is 0 Å². The molecule has 7 heteroatoms. The fourth-order valence-corrected chi connectivity index (χ4v) is 3.21. The molecule has 0 heterocycles. The van der Waals surface area contributed by atoms with Crippen LogP contribution in [0.5, 0.6) is 0 Å². The maximum absolute atomic E-state index is 13.6. The van der Waals surface area contributed by atoms with Crippen LogP contribution < -0.4 is 4.72 Å². The van der Waals surface area contributed by atoms with Crippen molar-refractivity contribution in [3.8, 4) is 0 Å². The maximum Gasteiger partial charge on any atom is 0.246 e. The summed E-state index contributed by atoms with van der Waals surface area (Å²) in [5.41, 5.74) is -1.04. The lowest BCUT2D eigenvalue weighted by atomic mass is 9.97. The lowest BCUT2D eigenvalue weighted by Gasteiger charge is -2.24. The quantitative estimate of drug-likeness (QED) is 0.884. The molecular weight excluding hydrogens is 312 g/mol. The highest BCUT2D eigenvalue weighted by atomic mass is 32.2. The molecular formula is C15H15F2NO3S. The summed E-state index contributed by atoms with van der Waals surface area (Å²) in [4.78, 5) is -1.06. The van der Waals surface area contributed by atoms with E-state index < -0.39 is 38.7 Å². The molecule has 0 aliphatic rings. The minimum absolute atomic E-state index is 0.423. The predicted octanol–water partition coefficient (Wildman–Crippen LogP) is 2.15. The fourth-order valence-electron chi connectivity index (χ4n) is 1.95. The van der Waals surface area contributed by atoms with E-state index in [4.69, 9.17) is 0 Å². The highest BCUT2D eigenvalue weighted by molar-refractivity contribution is 7.89. The summed E-state index contributed by atoms with van der Waals surface area (Å²) in [6.07, 6.45) is 0. The molecule has 0 spiro atoms. The Balaban J connectivity index is 2.24. The van der Waals surface area contributed by atoms with Crippen molar-refractivity contribution < 1.29 is 22.3 Å². The van der Waals surface area contributed by atoms with Crippen molar-refractivity contribution in [1.29, 1.82) is 0 Å². The van der Waals surface area contributed by atoms with Crippen molar-refractivity contribution in [2.45, 2.75) is 17.4 Å². The van der Waals surface area contributed by atoms with Crippen LogP contribution in [0, 0.1) is 11.6 Å². The Morgan fingerprint density at radius 1 is 1.05 bits per heavy atom. The van der Waals surface area contributed by atoms with Crippen molar-refractivity contribution in [3.05, 3.63) is 65.7 Å². The molecule has 0 unspecified atom stereocenters. The molecule has 22 heavy (non-hydrogen) atoms. The highest BCUT2D eigenvalue weighted by Gasteiger charge is 2.29. The average molecular weight is 327 g/mol. The first-order valence-electron chi connectivity index (χ1n) is 6.45. The number of benzene rings is 2. The number of hydrogen-bond donors (Lipinski definition) is 2. The van der Waals surface area contributed by atoms with Crippen molar-refractivity contribution in [2.75, 3.05) is 6.54 Å². The number of sulfonamides is 1. The first-order valence-corrected chi connectivity index (χ1v) is 7.94.